The molecule has 10 nitrogen and oxygen atoms in total. The largest absolute Gasteiger partial charge is 0.439 e. The summed E-state index contributed by atoms with van der Waals surface area (Å²) in [6, 6.07) is 18.5. The second-order valence-corrected chi connectivity index (χ2v) is 10.6. The van der Waals surface area contributed by atoms with Crippen LogP contribution in [0.15, 0.2) is 85.4 Å². The van der Waals surface area contributed by atoms with Crippen molar-refractivity contribution in [2.45, 2.75) is 46.1 Å². The van der Waals surface area contributed by atoms with Crippen LogP contribution in [-0.4, -0.2) is 29.8 Å². The maximum absolute atomic E-state index is 14.1. The highest BCUT2D eigenvalue weighted by atomic mass is 19.1. The fourth-order valence-electron chi connectivity index (χ4n) is 5.23. The number of aromatic nitrogens is 6. The zero-order valence-corrected chi connectivity index (χ0v) is 24.5. The molecule has 12 heteroatoms. The molecule has 0 aliphatic rings. The molecule has 0 saturated heterocycles. The number of aryl methyl sites for hydroxylation is 2. The predicted molar refractivity (Wildman–Crippen MR) is 161 cm³/mol. The number of nitrogens with one attached hydrogen (secondary N) is 1. The van der Waals surface area contributed by atoms with Crippen LogP contribution >= 0.6 is 0 Å². The molecule has 228 valence electrons. The van der Waals surface area contributed by atoms with Crippen LogP contribution in [0, 0.1) is 18.6 Å². The lowest BCUT2D eigenvalue weighted by Crippen LogP contribution is -2.30. The first-order valence-electron chi connectivity index (χ1n) is 14.4. The van der Waals surface area contributed by atoms with Crippen molar-refractivity contribution >= 4 is 0 Å². The molecule has 3 aromatic carbocycles. The number of rotatable bonds is 10. The highest BCUT2D eigenvalue weighted by molar-refractivity contribution is 5.80. The van der Waals surface area contributed by atoms with Gasteiger partial charge >= 0.3 is 5.76 Å². The molecule has 0 saturated carbocycles. The molecule has 0 bridgehead atoms. The number of nitrogens with zero attached hydrogens (tertiary/aromatic N) is 5. The van der Waals surface area contributed by atoms with E-state index in [9.17, 15) is 18.4 Å². The third-order valence-electron chi connectivity index (χ3n) is 7.44. The Morgan fingerprint density at radius 2 is 1.67 bits per heavy atom. The van der Waals surface area contributed by atoms with E-state index in [-0.39, 0.29) is 35.7 Å². The molecule has 6 rings (SSSR count). The summed E-state index contributed by atoms with van der Waals surface area (Å²) in [6.07, 6.45) is 1.40. The third-order valence-corrected chi connectivity index (χ3v) is 7.44. The van der Waals surface area contributed by atoms with E-state index >= 15 is 0 Å². The van der Waals surface area contributed by atoms with Gasteiger partial charge in [0, 0.05) is 29.7 Å². The van der Waals surface area contributed by atoms with Gasteiger partial charge in [0.2, 0.25) is 5.89 Å². The Bertz CT molecular complexity index is 2100. The molecule has 0 unspecified atom stereocenters. The predicted octanol–water partition coefficient (Wildman–Crippen LogP) is 5.41. The molecule has 0 atom stereocenters. The topological polar surface area (TPSA) is 133 Å². The standard InChI is InChI=1S/C33H28F2N6O4/c1-3-6-29-36-19(2)26(17-30-37-28(39-44-30)16-22-15-23(34)13-14-27(22)35)32(42)41(29)18-20-9-11-21(12-10-20)24-7-4-5-8-25(24)31-38-33(43)45-40-31/h4-5,7-15H,3,6,16-18H2,1-2H3,(H,38,40,43). The lowest BCUT2D eigenvalue weighted by atomic mass is 9.98. The fourth-order valence-corrected chi connectivity index (χ4v) is 5.23. The van der Waals surface area contributed by atoms with Gasteiger partial charge in [-0.3, -0.25) is 18.9 Å². The van der Waals surface area contributed by atoms with Gasteiger partial charge in [0.1, 0.15) is 17.5 Å². The van der Waals surface area contributed by atoms with Crippen LogP contribution in [-0.2, 0) is 25.8 Å². The minimum atomic E-state index is -0.631. The summed E-state index contributed by atoms with van der Waals surface area (Å²) >= 11 is 0. The molecule has 0 radical (unpaired) electrons. The normalized spacial score (nSPS) is 11.3. The van der Waals surface area contributed by atoms with Gasteiger partial charge in [-0.25, -0.2) is 18.6 Å². The first-order chi connectivity index (χ1) is 21.8. The van der Waals surface area contributed by atoms with Gasteiger partial charge in [0.05, 0.1) is 13.0 Å². The van der Waals surface area contributed by atoms with Crippen molar-refractivity contribution in [3.8, 4) is 22.5 Å². The number of halogens is 2. The Hall–Kier alpha value is -5.52. The summed E-state index contributed by atoms with van der Waals surface area (Å²) in [5.41, 5.74) is 4.22. The molecule has 3 aromatic heterocycles. The van der Waals surface area contributed by atoms with E-state index in [2.05, 4.69) is 24.8 Å². The van der Waals surface area contributed by atoms with E-state index in [0.717, 1.165) is 46.9 Å². The molecular weight excluding hydrogens is 582 g/mol. The van der Waals surface area contributed by atoms with Gasteiger partial charge in [-0.2, -0.15) is 4.98 Å². The molecule has 3 heterocycles. The van der Waals surface area contributed by atoms with E-state index in [0.29, 0.717) is 35.9 Å². The molecule has 6 aromatic rings. The number of aromatic amines is 1. The molecule has 0 fully saturated rings. The van der Waals surface area contributed by atoms with Crippen molar-refractivity contribution in [1.29, 1.82) is 0 Å². The Labute approximate surface area is 255 Å². The van der Waals surface area contributed by atoms with Crippen LogP contribution in [0.4, 0.5) is 8.78 Å². The van der Waals surface area contributed by atoms with Crippen molar-refractivity contribution in [2.75, 3.05) is 0 Å². The van der Waals surface area contributed by atoms with Gasteiger partial charge in [-0.1, -0.05) is 65.8 Å². The average Bonchev–Trinajstić information content (AvgIpc) is 3.68. The number of hydrogen-bond donors (Lipinski definition) is 1. The van der Waals surface area contributed by atoms with E-state index < -0.39 is 17.4 Å². The van der Waals surface area contributed by atoms with Crippen LogP contribution in [0.2, 0.25) is 0 Å². The highest BCUT2D eigenvalue weighted by Crippen LogP contribution is 2.30. The van der Waals surface area contributed by atoms with Crippen molar-refractivity contribution < 1.29 is 17.8 Å². The molecule has 0 aliphatic heterocycles. The summed E-state index contributed by atoms with van der Waals surface area (Å²) in [7, 11) is 0. The minimum absolute atomic E-state index is 0.0442. The summed E-state index contributed by atoms with van der Waals surface area (Å²) in [4.78, 5) is 37.1. The van der Waals surface area contributed by atoms with E-state index in [1.165, 1.54) is 0 Å². The molecule has 0 spiro atoms. The zero-order chi connectivity index (χ0) is 31.5. The van der Waals surface area contributed by atoms with Crippen LogP contribution < -0.4 is 11.3 Å². The zero-order valence-electron chi connectivity index (χ0n) is 24.5. The molecule has 1 N–H and O–H groups in total. The van der Waals surface area contributed by atoms with Gasteiger partial charge in [0.25, 0.3) is 5.56 Å². The van der Waals surface area contributed by atoms with Crippen molar-refractivity contribution in [2.24, 2.45) is 0 Å². The minimum Gasteiger partial charge on any atom is -0.339 e. The molecule has 0 amide bonds. The monoisotopic (exact) mass is 610 g/mol. The maximum atomic E-state index is 14.1. The van der Waals surface area contributed by atoms with Gasteiger partial charge < -0.3 is 4.52 Å². The molecular formula is C33H28F2N6O4. The van der Waals surface area contributed by atoms with E-state index in [1.54, 1.807) is 11.5 Å². The Kier molecular flexibility index (Phi) is 8.28. The fraction of sp³-hybridized carbons (Fsp3) is 0.212. The smallest absolute Gasteiger partial charge is 0.339 e. The second kappa shape index (κ2) is 12.6. The highest BCUT2D eigenvalue weighted by Gasteiger charge is 2.19. The SMILES string of the molecule is CCCc1nc(C)c(Cc2nc(Cc3cc(F)ccc3F)no2)c(=O)n1Cc1ccc(-c2ccccc2-c2noc(=O)[nH]2)cc1. The number of hydrogen-bond acceptors (Lipinski definition) is 8. The summed E-state index contributed by atoms with van der Waals surface area (Å²) in [5.74, 6) is -0.402. The summed E-state index contributed by atoms with van der Waals surface area (Å²) < 4.78 is 39.4. The van der Waals surface area contributed by atoms with E-state index in [4.69, 9.17) is 9.51 Å². The van der Waals surface area contributed by atoms with Gasteiger partial charge in [-0.15, -0.1) is 0 Å². The van der Waals surface area contributed by atoms with Gasteiger partial charge in [0.15, 0.2) is 11.6 Å². The van der Waals surface area contributed by atoms with Crippen molar-refractivity contribution in [3.63, 3.8) is 0 Å². The maximum Gasteiger partial charge on any atom is 0.439 e. The van der Waals surface area contributed by atoms with Crippen LogP contribution in [0.25, 0.3) is 22.5 Å². The summed E-state index contributed by atoms with van der Waals surface area (Å²) in [6.45, 7) is 4.09. The summed E-state index contributed by atoms with van der Waals surface area (Å²) in [5, 5.41) is 7.73. The third kappa shape index (κ3) is 6.40. The van der Waals surface area contributed by atoms with Crippen molar-refractivity contribution in [3.05, 3.63) is 139 Å². The Morgan fingerprint density at radius 3 is 2.40 bits per heavy atom. The van der Waals surface area contributed by atoms with E-state index in [1.807, 2.05) is 55.5 Å². The lowest BCUT2D eigenvalue weighted by molar-refractivity contribution is 0.379. The Balaban J connectivity index is 1.26. The lowest BCUT2D eigenvalue weighted by Gasteiger charge is -2.16. The first-order valence-corrected chi connectivity index (χ1v) is 14.4. The Morgan fingerprint density at radius 1 is 0.889 bits per heavy atom. The van der Waals surface area contributed by atoms with Crippen LogP contribution in [0.3, 0.4) is 0 Å². The van der Waals surface area contributed by atoms with Crippen LogP contribution in [0.1, 0.15) is 53.3 Å². The van der Waals surface area contributed by atoms with Crippen molar-refractivity contribution in [1.82, 2.24) is 29.8 Å². The number of H-pyrrole nitrogens is 1. The number of benzene rings is 3. The quantitative estimate of drug-likeness (QED) is 0.218. The second-order valence-electron chi connectivity index (χ2n) is 10.6. The van der Waals surface area contributed by atoms with Crippen LogP contribution in [0.5, 0.6) is 0 Å². The first kappa shape index (κ1) is 29.5. The van der Waals surface area contributed by atoms with Gasteiger partial charge in [-0.05, 0) is 53.8 Å². The average molecular weight is 611 g/mol. The molecule has 0 aliphatic carbocycles. The molecule has 45 heavy (non-hydrogen) atoms.